The normalized spacial score (nSPS) is 17.9. The van der Waals surface area contributed by atoms with Crippen molar-refractivity contribution in [1.29, 1.82) is 0 Å². The highest BCUT2D eigenvalue weighted by atomic mass is 15.1. The Morgan fingerprint density at radius 3 is 2.25 bits per heavy atom. The molecule has 2 nitrogen and oxygen atoms in total. The summed E-state index contributed by atoms with van der Waals surface area (Å²) in [7, 11) is 2.22. The number of nitrogens with zero attached hydrogens (tertiary/aromatic N) is 1. The molecule has 0 bridgehead atoms. The Kier molecular flexibility index (Phi) is 5.22. The van der Waals surface area contributed by atoms with Gasteiger partial charge >= 0.3 is 0 Å². The first kappa shape index (κ1) is 15.5. The summed E-state index contributed by atoms with van der Waals surface area (Å²) in [5.41, 5.74) is 11.8. The first-order valence-electron chi connectivity index (χ1n) is 7.99. The molecule has 2 N–H and O–H groups in total. The number of rotatable bonds is 5. The third-order valence-corrected chi connectivity index (χ3v) is 4.66. The van der Waals surface area contributed by atoms with Gasteiger partial charge in [0.1, 0.15) is 0 Å². The molecule has 0 spiro atoms. The average Bonchev–Trinajstić information content (AvgIpc) is 2.79. The van der Waals surface area contributed by atoms with E-state index >= 15 is 0 Å². The number of hydrogen-bond donors (Lipinski definition) is 1. The molecule has 1 atom stereocenters. The van der Waals surface area contributed by atoms with E-state index < -0.39 is 0 Å². The Bertz CT molecular complexity index is 424. The summed E-state index contributed by atoms with van der Waals surface area (Å²) < 4.78 is 0. The van der Waals surface area contributed by atoms with Crippen molar-refractivity contribution in [2.45, 2.75) is 52.5 Å². The van der Waals surface area contributed by atoms with Gasteiger partial charge in [0.25, 0.3) is 0 Å². The van der Waals surface area contributed by atoms with Crippen LogP contribution in [0.4, 0.5) is 0 Å². The van der Waals surface area contributed by atoms with E-state index in [9.17, 15) is 0 Å². The van der Waals surface area contributed by atoms with E-state index in [1.165, 1.54) is 54.5 Å². The van der Waals surface area contributed by atoms with Crippen molar-refractivity contribution in [3.05, 3.63) is 34.4 Å². The van der Waals surface area contributed by atoms with E-state index in [0.717, 1.165) is 12.5 Å². The van der Waals surface area contributed by atoms with Crippen molar-refractivity contribution in [2.75, 3.05) is 20.1 Å². The van der Waals surface area contributed by atoms with E-state index in [0.29, 0.717) is 0 Å². The van der Waals surface area contributed by atoms with Crippen molar-refractivity contribution in [3.8, 4) is 0 Å². The Morgan fingerprint density at radius 2 is 1.70 bits per heavy atom. The van der Waals surface area contributed by atoms with Crippen molar-refractivity contribution in [1.82, 2.24) is 4.90 Å². The van der Waals surface area contributed by atoms with E-state index in [1.807, 2.05) is 0 Å². The van der Waals surface area contributed by atoms with Crippen molar-refractivity contribution >= 4 is 0 Å². The summed E-state index contributed by atoms with van der Waals surface area (Å²) in [5.74, 6) is 0.896. The molecule has 0 radical (unpaired) electrons. The lowest BCUT2D eigenvalue weighted by Crippen LogP contribution is -2.33. The van der Waals surface area contributed by atoms with Crippen LogP contribution in [0.1, 0.15) is 54.0 Å². The fourth-order valence-corrected chi connectivity index (χ4v) is 3.91. The molecule has 2 rings (SSSR count). The van der Waals surface area contributed by atoms with Gasteiger partial charge in [-0.2, -0.15) is 0 Å². The quantitative estimate of drug-likeness (QED) is 0.886. The highest BCUT2D eigenvalue weighted by Gasteiger charge is 2.19. The van der Waals surface area contributed by atoms with Gasteiger partial charge in [0.05, 0.1) is 0 Å². The molecule has 1 fully saturated rings. The van der Waals surface area contributed by atoms with Gasteiger partial charge in [-0.1, -0.05) is 30.5 Å². The lowest BCUT2D eigenvalue weighted by Gasteiger charge is -2.26. The predicted octanol–water partition coefficient (Wildman–Crippen LogP) is 3.73. The molecule has 1 aliphatic rings. The van der Waals surface area contributed by atoms with Gasteiger partial charge < -0.3 is 10.6 Å². The molecule has 1 aromatic rings. The smallest absolute Gasteiger partial charge is 0.0429 e. The maximum Gasteiger partial charge on any atom is 0.0429 e. The molecule has 0 amide bonds. The zero-order valence-electron chi connectivity index (χ0n) is 13.6. The maximum absolute atomic E-state index is 6.48. The van der Waals surface area contributed by atoms with Crippen LogP contribution in [0.15, 0.2) is 12.1 Å². The standard InChI is InChI=1S/C18H30N2/c1-13-9-14(2)18(15(3)10-13)17(19)12-20(4)11-16-7-5-6-8-16/h9-10,16-17H,5-8,11-12,19H2,1-4H3. The van der Waals surface area contributed by atoms with Gasteiger partial charge in [-0.25, -0.2) is 0 Å². The minimum Gasteiger partial charge on any atom is -0.323 e. The monoisotopic (exact) mass is 274 g/mol. The second-order valence-electron chi connectivity index (χ2n) is 6.79. The van der Waals surface area contributed by atoms with Gasteiger partial charge in [-0.3, -0.25) is 0 Å². The molecule has 0 saturated heterocycles. The molecule has 1 unspecified atom stereocenters. The molecule has 1 aromatic carbocycles. The maximum atomic E-state index is 6.48. The lowest BCUT2D eigenvalue weighted by atomic mass is 9.94. The predicted molar refractivity (Wildman–Crippen MR) is 87.0 cm³/mol. The van der Waals surface area contributed by atoms with E-state index in [2.05, 4.69) is 44.9 Å². The van der Waals surface area contributed by atoms with E-state index in [-0.39, 0.29) is 6.04 Å². The van der Waals surface area contributed by atoms with Crippen molar-refractivity contribution in [2.24, 2.45) is 11.7 Å². The Labute approximate surface area is 124 Å². The zero-order valence-corrected chi connectivity index (χ0v) is 13.6. The minimum atomic E-state index is 0.127. The summed E-state index contributed by atoms with van der Waals surface area (Å²) in [6.45, 7) is 8.69. The summed E-state index contributed by atoms with van der Waals surface area (Å²) in [6.07, 6.45) is 5.64. The van der Waals surface area contributed by atoms with Crippen LogP contribution in [0, 0.1) is 26.7 Å². The molecule has 20 heavy (non-hydrogen) atoms. The van der Waals surface area contributed by atoms with Gasteiger partial charge in [0.2, 0.25) is 0 Å². The van der Waals surface area contributed by atoms with Crippen LogP contribution in [0.2, 0.25) is 0 Å². The Balaban J connectivity index is 1.98. The first-order valence-corrected chi connectivity index (χ1v) is 7.99. The van der Waals surface area contributed by atoms with E-state index in [4.69, 9.17) is 5.73 Å². The molecule has 1 saturated carbocycles. The first-order chi connectivity index (χ1) is 9.47. The third kappa shape index (κ3) is 3.83. The molecule has 0 heterocycles. The average molecular weight is 274 g/mol. The van der Waals surface area contributed by atoms with Crippen LogP contribution >= 0.6 is 0 Å². The zero-order chi connectivity index (χ0) is 14.7. The van der Waals surface area contributed by atoms with Crippen LogP contribution in [-0.2, 0) is 0 Å². The van der Waals surface area contributed by atoms with Crippen LogP contribution in [0.5, 0.6) is 0 Å². The fourth-order valence-electron chi connectivity index (χ4n) is 3.91. The molecular weight excluding hydrogens is 244 g/mol. The van der Waals surface area contributed by atoms with Crippen LogP contribution in [0.25, 0.3) is 0 Å². The van der Waals surface area contributed by atoms with Gasteiger partial charge in [-0.15, -0.1) is 0 Å². The molecule has 1 aliphatic carbocycles. The minimum absolute atomic E-state index is 0.127. The number of likely N-dealkylation sites (N-methyl/N-ethyl adjacent to an activating group) is 1. The highest BCUT2D eigenvalue weighted by Crippen LogP contribution is 2.26. The second kappa shape index (κ2) is 6.73. The summed E-state index contributed by atoms with van der Waals surface area (Å²) in [5, 5.41) is 0. The fraction of sp³-hybridized carbons (Fsp3) is 0.667. The van der Waals surface area contributed by atoms with Gasteiger partial charge in [-0.05, 0) is 63.3 Å². The van der Waals surface area contributed by atoms with Gasteiger partial charge in [0.15, 0.2) is 0 Å². The second-order valence-corrected chi connectivity index (χ2v) is 6.79. The SMILES string of the molecule is Cc1cc(C)c(C(N)CN(C)CC2CCCC2)c(C)c1. The summed E-state index contributed by atoms with van der Waals surface area (Å²) in [6, 6.07) is 4.63. The van der Waals surface area contributed by atoms with Crippen LogP contribution < -0.4 is 5.73 Å². The summed E-state index contributed by atoms with van der Waals surface area (Å²) >= 11 is 0. The molecule has 0 aliphatic heterocycles. The van der Waals surface area contributed by atoms with Crippen LogP contribution in [0.3, 0.4) is 0 Å². The van der Waals surface area contributed by atoms with Crippen molar-refractivity contribution in [3.63, 3.8) is 0 Å². The van der Waals surface area contributed by atoms with E-state index in [1.54, 1.807) is 0 Å². The molecule has 112 valence electrons. The topological polar surface area (TPSA) is 29.3 Å². The molecular formula is C18H30N2. The van der Waals surface area contributed by atoms with Gasteiger partial charge in [0, 0.05) is 19.1 Å². The number of aryl methyl sites for hydroxylation is 3. The third-order valence-electron chi connectivity index (χ3n) is 4.66. The Morgan fingerprint density at radius 1 is 1.15 bits per heavy atom. The number of benzene rings is 1. The number of hydrogen-bond acceptors (Lipinski definition) is 2. The largest absolute Gasteiger partial charge is 0.323 e. The van der Waals surface area contributed by atoms with Crippen LogP contribution in [-0.4, -0.2) is 25.0 Å². The van der Waals surface area contributed by atoms with Crippen molar-refractivity contribution < 1.29 is 0 Å². The summed E-state index contributed by atoms with van der Waals surface area (Å²) in [4.78, 5) is 2.43. The highest BCUT2D eigenvalue weighted by molar-refractivity contribution is 5.39. The molecule has 0 aromatic heterocycles. The molecule has 2 heteroatoms. The Hall–Kier alpha value is -0.860. The number of nitrogens with two attached hydrogens (primary N) is 1. The lowest BCUT2D eigenvalue weighted by molar-refractivity contribution is 0.263.